The molecule has 2 unspecified atom stereocenters. The van der Waals surface area contributed by atoms with Crippen molar-refractivity contribution >= 4 is 45.2 Å². The van der Waals surface area contributed by atoms with Gasteiger partial charge in [0.05, 0.1) is 5.92 Å². The van der Waals surface area contributed by atoms with Crippen molar-refractivity contribution in [1.29, 1.82) is 0 Å². The van der Waals surface area contributed by atoms with Crippen molar-refractivity contribution in [2.24, 2.45) is 11.7 Å². The van der Waals surface area contributed by atoms with E-state index in [-0.39, 0.29) is 10.7 Å². The van der Waals surface area contributed by atoms with Gasteiger partial charge >= 0.3 is 12.4 Å². The second kappa shape index (κ2) is 7.58. The number of hydrogen-bond donors (Lipinski definition) is 3. The number of primary amides is 1. The van der Waals surface area contributed by atoms with Gasteiger partial charge in [-0.3, -0.25) is 4.79 Å². The van der Waals surface area contributed by atoms with E-state index in [1.54, 1.807) is 12.2 Å². The van der Waals surface area contributed by atoms with E-state index in [4.69, 9.17) is 17.3 Å². The van der Waals surface area contributed by atoms with Crippen molar-refractivity contribution in [2.75, 3.05) is 5.32 Å². The highest BCUT2D eigenvalue weighted by atomic mass is 79.9. The Morgan fingerprint density at radius 3 is 2.58 bits per heavy atom. The van der Waals surface area contributed by atoms with Crippen molar-refractivity contribution in [2.45, 2.75) is 10.8 Å². The zero-order chi connectivity index (χ0) is 19.5. The van der Waals surface area contributed by atoms with Crippen molar-refractivity contribution in [3.63, 3.8) is 0 Å². The summed E-state index contributed by atoms with van der Waals surface area (Å²) in [6.45, 7) is 0. The molecule has 0 saturated heterocycles. The minimum Gasteiger partial charge on any atom is -0.406 e. The van der Waals surface area contributed by atoms with Gasteiger partial charge in [-0.2, -0.15) is 0 Å². The first-order valence-electron chi connectivity index (χ1n) is 6.98. The van der Waals surface area contributed by atoms with E-state index in [0.717, 1.165) is 12.1 Å². The van der Waals surface area contributed by atoms with Gasteiger partial charge in [0.1, 0.15) is 10.2 Å². The first-order chi connectivity index (χ1) is 12.0. The molecule has 26 heavy (non-hydrogen) atoms. The van der Waals surface area contributed by atoms with Gasteiger partial charge in [0.25, 0.3) is 0 Å². The Balaban J connectivity index is 2.13. The highest BCUT2D eigenvalue weighted by Gasteiger charge is 2.39. The van der Waals surface area contributed by atoms with Gasteiger partial charge in [-0.15, -0.1) is 13.2 Å². The summed E-state index contributed by atoms with van der Waals surface area (Å²) in [5, 5.41) is 4.73. The van der Waals surface area contributed by atoms with Gasteiger partial charge in [0.15, 0.2) is 0 Å². The number of carbonyl (C=O) groups is 2. The van der Waals surface area contributed by atoms with E-state index in [2.05, 4.69) is 31.3 Å². The number of rotatable bonds is 4. The summed E-state index contributed by atoms with van der Waals surface area (Å²) in [5.41, 5.74) is 5.26. The molecule has 0 fully saturated rings. The van der Waals surface area contributed by atoms with E-state index in [1.807, 2.05) is 0 Å². The smallest absolute Gasteiger partial charge is 0.406 e. The average Bonchev–Trinajstić information content (AvgIpc) is 2.43. The number of alkyl halides is 4. The van der Waals surface area contributed by atoms with Gasteiger partial charge in [0, 0.05) is 16.8 Å². The van der Waals surface area contributed by atoms with Crippen molar-refractivity contribution in [3.8, 4) is 5.75 Å². The molecule has 0 spiro atoms. The van der Waals surface area contributed by atoms with Crippen LogP contribution in [0.25, 0.3) is 0 Å². The predicted molar refractivity (Wildman–Crippen MR) is 92.9 cm³/mol. The first kappa shape index (κ1) is 20.1. The Hall–Kier alpha value is -2.20. The Labute approximate surface area is 159 Å². The fourth-order valence-electron chi connectivity index (χ4n) is 2.20. The third-order valence-corrected chi connectivity index (χ3v) is 4.35. The molecule has 0 bridgehead atoms. The van der Waals surface area contributed by atoms with Crippen LogP contribution in [0.1, 0.15) is 0 Å². The number of ether oxygens (including phenoxy) is 1. The minimum absolute atomic E-state index is 0.0451. The number of benzene rings is 1. The van der Waals surface area contributed by atoms with E-state index < -0.39 is 34.4 Å². The normalized spacial score (nSPS) is 22.0. The molecule has 0 saturated carbocycles. The van der Waals surface area contributed by atoms with Crippen LogP contribution < -0.4 is 21.1 Å². The van der Waals surface area contributed by atoms with Gasteiger partial charge in [-0.25, -0.2) is 4.79 Å². The summed E-state index contributed by atoms with van der Waals surface area (Å²) in [6.07, 6.45) is 1.26. The molecular formula is C15H12BrClF3N3O3. The number of carbonyl (C=O) groups excluding carboxylic acids is 2. The number of urea groups is 1. The molecule has 1 aliphatic rings. The molecule has 1 aliphatic carbocycles. The van der Waals surface area contributed by atoms with Gasteiger partial charge < -0.3 is 21.1 Å². The van der Waals surface area contributed by atoms with Crippen LogP contribution >= 0.6 is 27.5 Å². The van der Waals surface area contributed by atoms with Crippen LogP contribution in [0.4, 0.5) is 23.7 Å². The summed E-state index contributed by atoms with van der Waals surface area (Å²) in [7, 11) is 0. The number of nitrogens with two attached hydrogens (primary N) is 1. The molecule has 0 heterocycles. The van der Waals surface area contributed by atoms with Crippen LogP contribution in [0.5, 0.6) is 5.75 Å². The molecule has 140 valence electrons. The fraction of sp³-hybridized carbons (Fsp3) is 0.200. The number of hydrogen-bond acceptors (Lipinski definition) is 3. The Kier molecular flexibility index (Phi) is 5.87. The largest absolute Gasteiger partial charge is 0.573 e. The molecule has 2 rings (SSSR count). The van der Waals surface area contributed by atoms with E-state index in [0.29, 0.717) is 0 Å². The topological polar surface area (TPSA) is 93.5 Å². The third-order valence-electron chi connectivity index (χ3n) is 3.18. The monoisotopic (exact) mass is 453 g/mol. The van der Waals surface area contributed by atoms with Gasteiger partial charge in [-0.05, 0) is 18.2 Å². The molecule has 1 aromatic carbocycles. The van der Waals surface area contributed by atoms with Gasteiger partial charge in [0.2, 0.25) is 5.91 Å². The number of halogens is 5. The first-order valence-corrected chi connectivity index (χ1v) is 8.15. The average molecular weight is 455 g/mol. The van der Waals surface area contributed by atoms with Crippen LogP contribution in [0.15, 0.2) is 42.5 Å². The number of nitrogens with one attached hydrogen (secondary N) is 2. The molecule has 4 N–H and O–H groups in total. The van der Waals surface area contributed by atoms with Crippen LogP contribution in [-0.2, 0) is 4.79 Å². The van der Waals surface area contributed by atoms with E-state index in [1.165, 1.54) is 18.2 Å². The Morgan fingerprint density at radius 2 is 1.96 bits per heavy atom. The summed E-state index contributed by atoms with van der Waals surface area (Å²) in [4.78, 5) is 23.7. The van der Waals surface area contributed by atoms with Crippen LogP contribution in [-0.4, -0.2) is 22.7 Å². The summed E-state index contributed by atoms with van der Waals surface area (Å²) >= 11 is 8.97. The second-order valence-corrected chi connectivity index (χ2v) is 6.94. The molecular weight excluding hydrogens is 443 g/mol. The predicted octanol–water partition coefficient (Wildman–Crippen LogP) is 3.68. The van der Waals surface area contributed by atoms with Crippen molar-refractivity contribution in [1.82, 2.24) is 5.32 Å². The van der Waals surface area contributed by atoms with Gasteiger partial charge in [-0.1, -0.05) is 45.8 Å². The number of amides is 3. The molecule has 11 heteroatoms. The Bertz CT molecular complexity index is 785. The molecule has 3 amide bonds. The summed E-state index contributed by atoms with van der Waals surface area (Å²) < 4.78 is 39.4. The summed E-state index contributed by atoms with van der Waals surface area (Å²) in [5.74, 6) is -2.16. The maximum atomic E-state index is 12.3. The lowest BCUT2D eigenvalue weighted by molar-refractivity contribution is -0.274. The highest BCUT2D eigenvalue weighted by molar-refractivity contribution is 9.10. The van der Waals surface area contributed by atoms with E-state index >= 15 is 0 Å². The molecule has 6 nitrogen and oxygen atoms in total. The minimum atomic E-state index is -4.90. The van der Waals surface area contributed by atoms with Crippen LogP contribution in [0.3, 0.4) is 0 Å². The number of anilines is 1. The fourth-order valence-corrected chi connectivity index (χ4v) is 3.14. The second-order valence-electron chi connectivity index (χ2n) is 5.19. The molecule has 1 aromatic rings. The van der Waals surface area contributed by atoms with Crippen molar-refractivity contribution < 1.29 is 27.5 Å². The number of allylic oxidation sites excluding steroid dienone is 2. The zero-order valence-corrected chi connectivity index (χ0v) is 15.2. The highest BCUT2D eigenvalue weighted by Crippen LogP contribution is 2.32. The maximum absolute atomic E-state index is 12.3. The molecule has 0 aliphatic heterocycles. The zero-order valence-electron chi connectivity index (χ0n) is 12.8. The quantitative estimate of drug-likeness (QED) is 0.479. The van der Waals surface area contributed by atoms with Crippen LogP contribution in [0.2, 0.25) is 5.02 Å². The summed E-state index contributed by atoms with van der Waals surface area (Å²) in [6, 6.07) is 2.31. The van der Waals surface area contributed by atoms with Crippen LogP contribution in [0, 0.1) is 5.92 Å². The molecule has 0 aromatic heterocycles. The van der Waals surface area contributed by atoms with E-state index in [9.17, 15) is 22.8 Å². The Morgan fingerprint density at radius 1 is 1.27 bits per heavy atom. The lowest BCUT2D eigenvalue weighted by Gasteiger charge is -2.32. The third kappa shape index (κ3) is 5.40. The van der Waals surface area contributed by atoms with Crippen molar-refractivity contribution in [3.05, 3.63) is 47.5 Å². The maximum Gasteiger partial charge on any atom is 0.573 e. The SMILES string of the molecule is NC(=O)C1C=CC=CC1(Br)NC(=O)Nc1cc(Cl)cc(OC(F)(F)F)c1. The molecule has 0 radical (unpaired) electrons. The lowest BCUT2D eigenvalue weighted by Crippen LogP contribution is -2.53. The molecule has 2 atom stereocenters. The standard InChI is InChI=1S/C15H12BrClF3N3O3/c16-14(4-2-1-3-11(14)12(21)24)23-13(25)22-9-5-8(17)6-10(7-9)26-15(18,19)20/h1-7,11H,(H2,21,24)(H2,22,23,25). The lowest BCUT2D eigenvalue weighted by atomic mass is 9.94.